The van der Waals surface area contributed by atoms with Crippen LogP contribution in [0.5, 0.6) is 0 Å². The van der Waals surface area contributed by atoms with Crippen molar-refractivity contribution in [3.05, 3.63) is 0 Å². The van der Waals surface area contributed by atoms with Crippen molar-refractivity contribution in [3.63, 3.8) is 0 Å². The SMILES string of the molecule is CN=C(NCCN(C)CCCOC)NCC(=O)N1CCCCC1. The van der Waals surface area contributed by atoms with E-state index in [1.54, 1.807) is 14.2 Å². The molecule has 1 amide bonds. The predicted molar refractivity (Wildman–Crippen MR) is 93.8 cm³/mol. The fourth-order valence-corrected chi connectivity index (χ4v) is 2.59. The molecule has 0 atom stereocenters. The van der Waals surface area contributed by atoms with E-state index < -0.39 is 0 Å². The number of likely N-dealkylation sites (N-methyl/N-ethyl adjacent to an activating group) is 1. The van der Waals surface area contributed by atoms with Crippen LogP contribution >= 0.6 is 0 Å². The summed E-state index contributed by atoms with van der Waals surface area (Å²) in [7, 11) is 5.54. The Bertz CT molecular complexity index is 356. The molecule has 134 valence electrons. The molecule has 1 saturated heterocycles. The maximum atomic E-state index is 12.1. The average Bonchev–Trinajstić information content (AvgIpc) is 2.58. The molecule has 0 unspecified atom stereocenters. The van der Waals surface area contributed by atoms with Gasteiger partial charge in [0.2, 0.25) is 5.91 Å². The summed E-state index contributed by atoms with van der Waals surface area (Å²) in [6.07, 6.45) is 4.50. The minimum absolute atomic E-state index is 0.157. The Morgan fingerprint density at radius 1 is 1.22 bits per heavy atom. The number of guanidine groups is 1. The second-order valence-electron chi connectivity index (χ2n) is 5.94. The van der Waals surface area contributed by atoms with Gasteiger partial charge in [-0.25, -0.2) is 0 Å². The number of rotatable bonds is 9. The smallest absolute Gasteiger partial charge is 0.241 e. The Balaban J connectivity index is 2.15. The number of aliphatic imine (C=N–C) groups is 1. The molecule has 1 rings (SSSR count). The normalized spacial score (nSPS) is 15.8. The molecule has 0 bridgehead atoms. The lowest BCUT2D eigenvalue weighted by molar-refractivity contribution is -0.130. The number of piperidine rings is 1. The summed E-state index contributed by atoms with van der Waals surface area (Å²) in [4.78, 5) is 20.5. The summed E-state index contributed by atoms with van der Waals surface area (Å²) in [6, 6.07) is 0. The lowest BCUT2D eigenvalue weighted by Crippen LogP contribution is -2.47. The van der Waals surface area contributed by atoms with E-state index in [0.717, 1.165) is 58.6 Å². The molecule has 0 aromatic heterocycles. The summed E-state index contributed by atoms with van der Waals surface area (Å²) in [5, 5.41) is 6.35. The van der Waals surface area contributed by atoms with Gasteiger partial charge in [0.05, 0.1) is 6.54 Å². The monoisotopic (exact) mass is 327 g/mol. The van der Waals surface area contributed by atoms with Crippen LogP contribution in [-0.2, 0) is 9.53 Å². The van der Waals surface area contributed by atoms with Crippen molar-refractivity contribution in [3.8, 4) is 0 Å². The number of methoxy groups -OCH3 is 1. The van der Waals surface area contributed by atoms with Gasteiger partial charge in [-0.15, -0.1) is 0 Å². The third kappa shape index (κ3) is 8.76. The van der Waals surface area contributed by atoms with Crippen LogP contribution in [0.15, 0.2) is 4.99 Å². The van der Waals surface area contributed by atoms with Gasteiger partial charge in [0.25, 0.3) is 0 Å². The summed E-state index contributed by atoms with van der Waals surface area (Å²) >= 11 is 0. The van der Waals surface area contributed by atoms with Crippen LogP contribution in [0.25, 0.3) is 0 Å². The molecule has 1 fully saturated rings. The van der Waals surface area contributed by atoms with E-state index in [9.17, 15) is 4.79 Å². The molecule has 7 nitrogen and oxygen atoms in total. The molecule has 0 aromatic carbocycles. The third-order valence-electron chi connectivity index (χ3n) is 4.01. The summed E-state index contributed by atoms with van der Waals surface area (Å²) in [5.74, 6) is 0.838. The van der Waals surface area contributed by atoms with Gasteiger partial charge in [-0.3, -0.25) is 9.79 Å². The van der Waals surface area contributed by atoms with Gasteiger partial charge in [0.1, 0.15) is 0 Å². The molecular formula is C16H33N5O2. The van der Waals surface area contributed by atoms with Crippen LogP contribution in [0.1, 0.15) is 25.7 Å². The van der Waals surface area contributed by atoms with Crippen molar-refractivity contribution in [1.82, 2.24) is 20.4 Å². The van der Waals surface area contributed by atoms with E-state index in [0.29, 0.717) is 12.5 Å². The Labute approximate surface area is 140 Å². The van der Waals surface area contributed by atoms with Crippen LogP contribution in [0, 0.1) is 0 Å². The van der Waals surface area contributed by atoms with Gasteiger partial charge in [-0.05, 0) is 32.7 Å². The Morgan fingerprint density at radius 3 is 2.61 bits per heavy atom. The van der Waals surface area contributed by atoms with Gasteiger partial charge >= 0.3 is 0 Å². The number of hydrogen-bond donors (Lipinski definition) is 2. The first kappa shape index (κ1) is 19.7. The van der Waals surface area contributed by atoms with Crippen molar-refractivity contribution in [2.45, 2.75) is 25.7 Å². The minimum Gasteiger partial charge on any atom is -0.385 e. The van der Waals surface area contributed by atoms with Gasteiger partial charge in [-0.2, -0.15) is 0 Å². The molecule has 1 aliphatic heterocycles. The summed E-state index contributed by atoms with van der Waals surface area (Å²) < 4.78 is 5.05. The minimum atomic E-state index is 0.157. The van der Waals surface area contributed by atoms with Crippen LogP contribution in [0.3, 0.4) is 0 Å². The highest BCUT2D eigenvalue weighted by molar-refractivity contribution is 5.86. The van der Waals surface area contributed by atoms with Crippen molar-refractivity contribution in [2.75, 3.05) is 67.1 Å². The first-order valence-electron chi connectivity index (χ1n) is 8.57. The molecule has 1 aliphatic rings. The van der Waals surface area contributed by atoms with Gasteiger partial charge in [0.15, 0.2) is 5.96 Å². The molecule has 0 saturated carbocycles. The van der Waals surface area contributed by atoms with Crippen molar-refractivity contribution in [1.29, 1.82) is 0 Å². The first-order valence-corrected chi connectivity index (χ1v) is 8.57. The Morgan fingerprint density at radius 2 is 1.96 bits per heavy atom. The quantitative estimate of drug-likeness (QED) is 0.358. The third-order valence-corrected chi connectivity index (χ3v) is 4.01. The number of carbonyl (C=O) groups is 1. The van der Waals surface area contributed by atoms with Crippen molar-refractivity contribution in [2.24, 2.45) is 4.99 Å². The number of likely N-dealkylation sites (tertiary alicyclic amines) is 1. The first-order chi connectivity index (χ1) is 11.2. The molecule has 1 heterocycles. The zero-order valence-corrected chi connectivity index (χ0v) is 14.9. The van der Waals surface area contributed by atoms with Crippen LogP contribution in [0.4, 0.5) is 0 Å². The molecule has 0 radical (unpaired) electrons. The highest BCUT2D eigenvalue weighted by Gasteiger charge is 2.16. The maximum absolute atomic E-state index is 12.1. The summed E-state index contributed by atoms with van der Waals surface area (Å²) in [5.41, 5.74) is 0. The Hall–Kier alpha value is -1.34. The number of amides is 1. The molecule has 2 N–H and O–H groups in total. The molecular weight excluding hydrogens is 294 g/mol. The maximum Gasteiger partial charge on any atom is 0.241 e. The second kappa shape index (κ2) is 12.1. The summed E-state index contributed by atoms with van der Waals surface area (Å²) in [6.45, 7) is 5.60. The molecule has 0 spiro atoms. The highest BCUT2D eigenvalue weighted by Crippen LogP contribution is 2.08. The second-order valence-corrected chi connectivity index (χ2v) is 5.94. The van der Waals surface area contributed by atoms with E-state index in [1.165, 1.54) is 6.42 Å². The average molecular weight is 327 g/mol. The van der Waals surface area contributed by atoms with E-state index in [2.05, 4.69) is 27.6 Å². The zero-order chi connectivity index (χ0) is 16.9. The standard InChI is InChI=1S/C16H33N5O2/c1-17-16(18-8-12-20(2)9-7-13-23-3)19-14-15(22)21-10-5-4-6-11-21/h4-14H2,1-3H3,(H2,17,18,19). The zero-order valence-electron chi connectivity index (χ0n) is 14.9. The number of hydrogen-bond acceptors (Lipinski definition) is 4. The van der Waals surface area contributed by atoms with Crippen LogP contribution in [0.2, 0.25) is 0 Å². The highest BCUT2D eigenvalue weighted by atomic mass is 16.5. The molecule has 7 heteroatoms. The number of carbonyl (C=O) groups excluding carboxylic acids is 1. The van der Waals surface area contributed by atoms with E-state index in [-0.39, 0.29) is 5.91 Å². The topological polar surface area (TPSA) is 69.2 Å². The fraction of sp³-hybridized carbons (Fsp3) is 0.875. The Kier molecular flexibility index (Phi) is 10.4. The van der Waals surface area contributed by atoms with E-state index in [4.69, 9.17) is 4.74 Å². The number of nitrogens with one attached hydrogen (secondary N) is 2. The van der Waals surface area contributed by atoms with Crippen molar-refractivity contribution < 1.29 is 9.53 Å². The lowest BCUT2D eigenvalue weighted by Gasteiger charge is -2.27. The molecule has 0 aliphatic carbocycles. The number of nitrogens with zero attached hydrogens (tertiary/aromatic N) is 3. The van der Waals surface area contributed by atoms with E-state index in [1.807, 2.05) is 4.90 Å². The molecule has 0 aromatic rings. The number of ether oxygens (including phenoxy) is 1. The fourth-order valence-electron chi connectivity index (χ4n) is 2.59. The molecule has 23 heavy (non-hydrogen) atoms. The van der Waals surface area contributed by atoms with E-state index >= 15 is 0 Å². The van der Waals surface area contributed by atoms with Gasteiger partial charge in [0, 0.05) is 53.5 Å². The van der Waals surface area contributed by atoms with Crippen LogP contribution < -0.4 is 10.6 Å². The lowest BCUT2D eigenvalue weighted by atomic mass is 10.1. The van der Waals surface area contributed by atoms with Crippen molar-refractivity contribution >= 4 is 11.9 Å². The largest absolute Gasteiger partial charge is 0.385 e. The van der Waals surface area contributed by atoms with Gasteiger partial charge < -0.3 is 25.2 Å². The predicted octanol–water partition coefficient (Wildman–Crippen LogP) is 0.132. The van der Waals surface area contributed by atoms with Crippen LogP contribution in [-0.4, -0.2) is 88.7 Å². The van der Waals surface area contributed by atoms with Gasteiger partial charge in [-0.1, -0.05) is 0 Å².